The number of aryl methyl sites for hydroxylation is 1. The lowest BCUT2D eigenvalue weighted by Crippen LogP contribution is -2.44. The zero-order chi connectivity index (χ0) is 14.8. The molecule has 0 aliphatic rings. The second kappa shape index (κ2) is 6.02. The normalized spacial score (nSPS) is 13.5. The molecule has 106 valence electrons. The molecule has 0 radical (unpaired) electrons. The van der Waals surface area contributed by atoms with Crippen molar-refractivity contribution >= 4 is 31.9 Å². The maximum absolute atomic E-state index is 12.1. The molecule has 0 bridgehead atoms. The summed E-state index contributed by atoms with van der Waals surface area (Å²) in [5.41, 5.74) is 0.901. The van der Waals surface area contributed by atoms with Crippen LogP contribution >= 0.6 is 15.9 Å². The van der Waals surface area contributed by atoms with Crippen LogP contribution in [0.3, 0.4) is 0 Å². The molecule has 1 rings (SSSR count). The highest BCUT2D eigenvalue weighted by Crippen LogP contribution is 2.21. The Morgan fingerprint density at radius 1 is 1.37 bits per heavy atom. The fourth-order valence-electron chi connectivity index (χ4n) is 1.45. The van der Waals surface area contributed by atoms with E-state index in [-0.39, 0.29) is 10.8 Å². The van der Waals surface area contributed by atoms with E-state index in [9.17, 15) is 13.2 Å². The second-order valence-electron chi connectivity index (χ2n) is 4.59. The van der Waals surface area contributed by atoms with Crippen LogP contribution in [0.2, 0.25) is 0 Å². The number of nitrogens with one attached hydrogen (secondary N) is 1. The van der Waals surface area contributed by atoms with Gasteiger partial charge >= 0.3 is 5.97 Å². The first kappa shape index (κ1) is 16.1. The predicted octanol–water partition coefficient (Wildman–Crippen LogP) is 2.15. The van der Waals surface area contributed by atoms with Crippen molar-refractivity contribution in [2.75, 3.05) is 0 Å². The summed E-state index contributed by atoms with van der Waals surface area (Å²) < 4.78 is 27.1. The fraction of sp³-hybridized carbons (Fsp3) is 0.417. The molecular weight excluding hydrogens is 334 g/mol. The van der Waals surface area contributed by atoms with Gasteiger partial charge in [0.15, 0.2) is 0 Å². The van der Waals surface area contributed by atoms with Gasteiger partial charge in [-0.3, -0.25) is 4.79 Å². The van der Waals surface area contributed by atoms with Crippen molar-refractivity contribution in [2.45, 2.75) is 31.7 Å². The lowest BCUT2D eigenvalue weighted by molar-refractivity contribution is -0.140. The van der Waals surface area contributed by atoms with E-state index in [1.807, 2.05) is 6.92 Å². The smallest absolute Gasteiger partial charge is 0.322 e. The highest BCUT2D eigenvalue weighted by molar-refractivity contribution is 9.10. The Morgan fingerprint density at radius 3 is 2.37 bits per heavy atom. The highest BCUT2D eigenvalue weighted by atomic mass is 79.9. The summed E-state index contributed by atoms with van der Waals surface area (Å²) >= 11 is 3.25. The van der Waals surface area contributed by atoms with Gasteiger partial charge in [-0.1, -0.05) is 35.8 Å². The van der Waals surface area contributed by atoms with Crippen LogP contribution in [-0.4, -0.2) is 25.5 Å². The molecule has 5 nitrogen and oxygen atoms in total. The summed E-state index contributed by atoms with van der Waals surface area (Å²) in [6, 6.07) is 3.41. The molecule has 0 saturated carbocycles. The van der Waals surface area contributed by atoms with Gasteiger partial charge in [-0.25, -0.2) is 8.42 Å². The summed E-state index contributed by atoms with van der Waals surface area (Å²) in [5.74, 6) is -1.54. The van der Waals surface area contributed by atoms with Gasteiger partial charge in [-0.05, 0) is 30.5 Å². The van der Waals surface area contributed by atoms with E-state index < -0.39 is 22.0 Å². The van der Waals surface area contributed by atoms with E-state index in [2.05, 4.69) is 20.7 Å². The monoisotopic (exact) mass is 349 g/mol. The summed E-state index contributed by atoms with van der Waals surface area (Å²) in [7, 11) is -3.85. The Balaban J connectivity index is 3.10. The molecule has 1 atom stereocenters. The number of carbonyl (C=O) groups is 1. The molecule has 0 spiro atoms. The van der Waals surface area contributed by atoms with Gasteiger partial charge in [0.25, 0.3) is 0 Å². The van der Waals surface area contributed by atoms with Crippen molar-refractivity contribution in [3.05, 3.63) is 28.2 Å². The van der Waals surface area contributed by atoms with E-state index in [0.717, 1.165) is 5.56 Å². The molecule has 1 aromatic rings. The molecule has 2 N–H and O–H groups in total. The number of carboxylic acids is 1. The quantitative estimate of drug-likeness (QED) is 0.852. The summed E-state index contributed by atoms with van der Waals surface area (Å²) in [4.78, 5) is 11.1. The second-order valence-corrected chi connectivity index (χ2v) is 7.16. The number of aliphatic carboxylic acids is 1. The van der Waals surface area contributed by atoms with Gasteiger partial charge in [-0.15, -0.1) is 0 Å². The average Bonchev–Trinajstić information content (AvgIpc) is 2.28. The van der Waals surface area contributed by atoms with Crippen LogP contribution in [0, 0.1) is 12.8 Å². The molecule has 0 fully saturated rings. The minimum atomic E-state index is -3.85. The third kappa shape index (κ3) is 4.02. The van der Waals surface area contributed by atoms with Gasteiger partial charge in [0.1, 0.15) is 6.04 Å². The van der Waals surface area contributed by atoms with Gasteiger partial charge < -0.3 is 5.11 Å². The number of hydrogen-bond donors (Lipinski definition) is 2. The molecule has 0 aliphatic carbocycles. The third-order valence-corrected chi connectivity index (χ3v) is 4.96. The number of sulfonamides is 1. The molecule has 19 heavy (non-hydrogen) atoms. The van der Waals surface area contributed by atoms with Crippen LogP contribution in [0.5, 0.6) is 0 Å². The van der Waals surface area contributed by atoms with Gasteiger partial charge in [0.05, 0.1) is 4.90 Å². The third-order valence-electron chi connectivity index (χ3n) is 2.67. The Morgan fingerprint density at radius 2 is 1.95 bits per heavy atom. The summed E-state index contributed by atoms with van der Waals surface area (Å²) in [6.45, 7) is 5.13. The molecular formula is C12H16BrNO4S. The van der Waals surface area contributed by atoms with Crippen LogP contribution in [-0.2, 0) is 14.8 Å². The maximum Gasteiger partial charge on any atom is 0.322 e. The lowest BCUT2D eigenvalue weighted by atomic mass is 10.1. The Labute approximate surface area is 121 Å². The van der Waals surface area contributed by atoms with Crippen LogP contribution in [0.15, 0.2) is 27.6 Å². The molecule has 0 saturated heterocycles. The van der Waals surface area contributed by atoms with Gasteiger partial charge in [-0.2, -0.15) is 4.72 Å². The van der Waals surface area contributed by atoms with Crippen molar-refractivity contribution in [1.29, 1.82) is 0 Å². The van der Waals surface area contributed by atoms with Crippen molar-refractivity contribution in [3.8, 4) is 0 Å². The molecule has 0 heterocycles. The standard InChI is InChI=1S/C12H16BrNO4S/c1-7(2)11(12(15)16)14-19(17,18)9-5-4-8(3)10(13)6-9/h4-7,11,14H,1-3H3,(H,15,16). The Kier molecular flexibility index (Phi) is 5.11. The highest BCUT2D eigenvalue weighted by Gasteiger charge is 2.28. The van der Waals surface area contributed by atoms with Crippen LogP contribution in [0.1, 0.15) is 19.4 Å². The van der Waals surface area contributed by atoms with Crippen molar-refractivity contribution < 1.29 is 18.3 Å². The number of hydrogen-bond acceptors (Lipinski definition) is 3. The predicted molar refractivity (Wildman–Crippen MR) is 75.5 cm³/mol. The molecule has 7 heteroatoms. The Hall–Kier alpha value is -0.920. The summed E-state index contributed by atoms with van der Waals surface area (Å²) in [6.07, 6.45) is 0. The fourth-order valence-corrected chi connectivity index (χ4v) is 3.34. The topological polar surface area (TPSA) is 83.5 Å². The van der Waals surface area contributed by atoms with Crippen molar-refractivity contribution in [2.24, 2.45) is 5.92 Å². The van der Waals surface area contributed by atoms with Crippen molar-refractivity contribution in [3.63, 3.8) is 0 Å². The van der Waals surface area contributed by atoms with E-state index in [0.29, 0.717) is 4.47 Å². The largest absolute Gasteiger partial charge is 0.480 e. The average molecular weight is 350 g/mol. The Bertz CT molecular complexity index is 583. The number of rotatable bonds is 5. The van der Waals surface area contributed by atoms with Crippen LogP contribution in [0.4, 0.5) is 0 Å². The number of carboxylic acid groups (broad SMARTS) is 1. The minimum Gasteiger partial charge on any atom is -0.480 e. The SMILES string of the molecule is Cc1ccc(S(=O)(=O)NC(C(=O)O)C(C)C)cc1Br. The number of benzene rings is 1. The molecule has 0 aromatic heterocycles. The van der Waals surface area contributed by atoms with E-state index in [4.69, 9.17) is 5.11 Å². The van der Waals surface area contributed by atoms with E-state index in [1.165, 1.54) is 12.1 Å². The van der Waals surface area contributed by atoms with Gasteiger partial charge in [0.2, 0.25) is 10.0 Å². The molecule has 0 amide bonds. The molecule has 1 aromatic carbocycles. The first-order valence-corrected chi connectivity index (χ1v) is 7.94. The van der Waals surface area contributed by atoms with Crippen LogP contribution in [0.25, 0.3) is 0 Å². The zero-order valence-electron chi connectivity index (χ0n) is 10.8. The maximum atomic E-state index is 12.1. The van der Waals surface area contributed by atoms with E-state index >= 15 is 0 Å². The minimum absolute atomic E-state index is 0.0388. The number of halogens is 1. The first-order valence-electron chi connectivity index (χ1n) is 5.66. The zero-order valence-corrected chi connectivity index (χ0v) is 13.2. The summed E-state index contributed by atoms with van der Waals surface area (Å²) in [5, 5.41) is 9.02. The molecule has 0 aliphatic heterocycles. The van der Waals surface area contributed by atoms with Crippen molar-refractivity contribution in [1.82, 2.24) is 4.72 Å². The lowest BCUT2D eigenvalue weighted by Gasteiger charge is -2.18. The van der Waals surface area contributed by atoms with Crippen LogP contribution < -0.4 is 4.72 Å². The van der Waals surface area contributed by atoms with E-state index in [1.54, 1.807) is 19.9 Å². The molecule has 1 unspecified atom stereocenters. The first-order chi connectivity index (χ1) is 8.65. The van der Waals surface area contributed by atoms with Gasteiger partial charge in [0, 0.05) is 4.47 Å².